The van der Waals surface area contributed by atoms with Crippen LogP contribution < -0.4 is 43.1 Å². The molecule has 1 aliphatic carbocycles. The number of anilines is 3. The molecule has 8 rings (SSSR count). The van der Waals surface area contributed by atoms with Crippen molar-refractivity contribution in [2.24, 2.45) is 32.4 Å². The Morgan fingerprint density at radius 1 is 0.512 bits per heavy atom. The molecule has 0 bridgehead atoms. The summed E-state index contributed by atoms with van der Waals surface area (Å²) < 4.78 is 37.6. The normalized spacial score (nSPS) is 13.6. The van der Waals surface area contributed by atoms with Crippen molar-refractivity contribution in [1.82, 2.24) is 4.98 Å². The number of rotatable bonds is 23. The first-order valence-electron chi connectivity index (χ1n) is 26.4. The van der Waals surface area contributed by atoms with Crippen LogP contribution in [0.1, 0.15) is 122 Å². The third-order valence-corrected chi connectivity index (χ3v) is 12.5. The first-order chi connectivity index (χ1) is 39.8. The highest BCUT2D eigenvalue weighted by Gasteiger charge is 2.23. The van der Waals surface area contributed by atoms with Crippen molar-refractivity contribution < 1.29 is 52.3 Å². The van der Waals surface area contributed by atoms with Crippen molar-refractivity contribution in [3.8, 4) is 17.2 Å². The molecule has 1 heterocycles. The van der Waals surface area contributed by atoms with E-state index in [9.17, 15) is 19.2 Å². The molecule has 0 atom stereocenters. The van der Waals surface area contributed by atoms with Crippen LogP contribution in [0.15, 0.2) is 179 Å². The molecule has 0 unspecified atom stereocenters. The monoisotopic (exact) mass is 1120 g/mol. The fourth-order valence-corrected chi connectivity index (χ4v) is 8.46. The average molecular weight is 1120 g/mol. The fraction of sp³-hybridized carbons (Fsp3) is 0.262. The van der Waals surface area contributed by atoms with Crippen LogP contribution in [0.2, 0.25) is 0 Å². The van der Waals surface area contributed by atoms with Gasteiger partial charge in [0.15, 0.2) is 5.78 Å². The summed E-state index contributed by atoms with van der Waals surface area (Å²) in [6, 6.07) is 41.0. The number of ketones is 1. The molecule has 10 N–H and O–H groups in total. The van der Waals surface area contributed by atoms with Crippen molar-refractivity contribution in [2.75, 3.05) is 44.2 Å². The summed E-state index contributed by atoms with van der Waals surface area (Å²) >= 11 is 0. The van der Waals surface area contributed by atoms with Crippen molar-refractivity contribution in [2.45, 2.75) is 77.2 Å². The van der Waals surface area contributed by atoms with E-state index < -0.39 is 17.9 Å². The third kappa shape index (κ3) is 20.7. The minimum absolute atomic E-state index is 0.0873. The standard InChI is InChI=1S/C27H37NO4.C21H18N4O4.C13H13N5O3/c1-3-4-5-6-15-30-25-11-7-21(8-12-25)22-9-13-26(14-10-22)31-19-32-27(29)23-16-20(2)17-24(28)18-23;22-17-10-16(11-18(12-17)24-25-23)21(27)29-13-28-19-8-6-15(7-9-19)20(26)14-4-2-1-3-5-14;14-10-5-9(6-11(7-10)17-18-15)13(19)21-8-20-12-1-3-16-4-2-12/h9-10,13-14,16-18,21,25H,3-8,11-12,15,19,28H2,1-2H3;1-12H,13,22H2,(H2,23,24);1-7H,8,14H2,(H2,15,17). The van der Waals surface area contributed by atoms with Gasteiger partial charge in [0.05, 0.1) is 34.2 Å². The van der Waals surface area contributed by atoms with Gasteiger partial charge in [-0.1, -0.05) is 79.1 Å². The van der Waals surface area contributed by atoms with Crippen molar-refractivity contribution >= 4 is 52.1 Å². The van der Waals surface area contributed by atoms with Gasteiger partial charge in [0.2, 0.25) is 20.4 Å². The van der Waals surface area contributed by atoms with E-state index in [1.807, 2.05) is 31.2 Å². The van der Waals surface area contributed by atoms with Gasteiger partial charge in [0.25, 0.3) is 0 Å². The van der Waals surface area contributed by atoms with E-state index in [0.717, 1.165) is 37.9 Å². The van der Waals surface area contributed by atoms with E-state index in [2.05, 4.69) is 44.7 Å². The van der Waals surface area contributed by atoms with Gasteiger partial charge < -0.3 is 62.0 Å². The van der Waals surface area contributed by atoms with E-state index in [4.69, 9.17) is 62.0 Å². The number of hydrogen-bond acceptors (Lipinski definition) is 19. The highest BCUT2D eigenvalue weighted by atomic mass is 16.7. The first kappa shape index (κ1) is 61.3. The molecule has 1 saturated carbocycles. The SMILES string of the molecule is CCCCCCOC1CCC(c2ccc(OCOC(=O)c3cc(C)cc(N)c3)cc2)CC1.NN=Nc1cc(N)cc(C(=O)OCOc2ccc(C(=O)c3ccccc3)cc2)c1.NN=Nc1cc(N)cc(C(=O)OCOc2ccncc2)c1. The Bertz CT molecular complexity index is 3180. The zero-order valence-electron chi connectivity index (χ0n) is 45.8. The third-order valence-electron chi connectivity index (χ3n) is 12.5. The molecule has 0 saturated heterocycles. The summed E-state index contributed by atoms with van der Waals surface area (Å²) in [5, 5.41) is 13.5. The second kappa shape index (κ2) is 32.9. The lowest BCUT2D eigenvalue weighted by Crippen LogP contribution is -2.21. The number of carbonyl (C=O) groups excluding carboxylic acids is 4. The molecule has 0 spiro atoms. The highest BCUT2D eigenvalue weighted by molar-refractivity contribution is 6.09. The number of pyridine rings is 1. The maximum atomic E-state index is 12.4. The Morgan fingerprint density at radius 2 is 0.976 bits per heavy atom. The molecule has 428 valence electrons. The molecule has 7 aromatic rings. The Labute approximate surface area is 475 Å². The van der Waals surface area contributed by atoms with E-state index in [0.29, 0.717) is 74.4 Å². The van der Waals surface area contributed by atoms with Crippen LogP contribution in [0, 0.1) is 6.92 Å². The minimum Gasteiger partial charge on any atom is -0.457 e. The molecule has 6 aromatic carbocycles. The summed E-state index contributed by atoms with van der Waals surface area (Å²) in [7, 11) is 0. The maximum absolute atomic E-state index is 12.4. The van der Waals surface area contributed by atoms with E-state index in [-0.39, 0.29) is 37.3 Å². The molecule has 21 heteroatoms. The molecule has 82 heavy (non-hydrogen) atoms. The van der Waals surface area contributed by atoms with Crippen molar-refractivity contribution in [3.63, 3.8) is 0 Å². The number of aromatic nitrogens is 1. The molecule has 0 aliphatic heterocycles. The number of nitrogens with two attached hydrogens (primary N) is 5. The predicted octanol–water partition coefficient (Wildman–Crippen LogP) is 11.9. The summed E-state index contributed by atoms with van der Waals surface area (Å²) in [5.74, 6) is 10.5. The Kier molecular flexibility index (Phi) is 24.6. The van der Waals surface area contributed by atoms with Crippen LogP contribution in [0.5, 0.6) is 17.2 Å². The smallest absolute Gasteiger partial charge is 0.341 e. The number of hydrogen-bond donors (Lipinski definition) is 5. The number of nitrogen functional groups attached to an aromatic ring is 3. The van der Waals surface area contributed by atoms with Gasteiger partial charge in [0, 0.05) is 47.2 Å². The molecular weight excluding hydrogens is 1050 g/mol. The van der Waals surface area contributed by atoms with Gasteiger partial charge >= 0.3 is 17.9 Å². The molecular formula is C61H68N10O11. The van der Waals surface area contributed by atoms with Crippen molar-refractivity contribution in [3.05, 3.63) is 197 Å². The lowest BCUT2D eigenvalue weighted by Gasteiger charge is -2.29. The van der Waals surface area contributed by atoms with Gasteiger partial charge in [-0.15, -0.1) is 10.2 Å². The van der Waals surface area contributed by atoms with E-state index >= 15 is 0 Å². The van der Waals surface area contributed by atoms with Gasteiger partial charge in [-0.3, -0.25) is 9.78 Å². The minimum atomic E-state index is -0.637. The lowest BCUT2D eigenvalue weighted by molar-refractivity contribution is 0.0144. The zero-order valence-corrected chi connectivity index (χ0v) is 45.8. The lowest BCUT2D eigenvalue weighted by atomic mass is 9.83. The van der Waals surface area contributed by atoms with Crippen molar-refractivity contribution in [1.29, 1.82) is 0 Å². The van der Waals surface area contributed by atoms with Gasteiger partial charge in [-0.05, 0) is 159 Å². The summed E-state index contributed by atoms with van der Waals surface area (Å²) in [4.78, 5) is 52.4. The van der Waals surface area contributed by atoms with Crippen LogP contribution >= 0.6 is 0 Å². The number of carbonyl (C=O) groups is 4. The number of esters is 3. The van der Waals surface area contributed by atoms with Crippen LogP contribution in [0.3, 0.4) is 0 Å². The largest absolute Gasteiger partial charge is 0.457 e. The number of nitrogens with zero attached hydrogens (tertiary/aromatic N) is 5. The Balaban J connectivity index is 0.000000202. The predicted molar refractivity (Wildman–Crippen MR) is 310 cm³/mol. The number of unbranched alkanes of at least 4 members (excludes halogenated alkanes) is 3. The summed E-state index contributed by atoms with van der Waals surface area (Å²) in [5.41, 5.74) is 23.3. The highest BCUT2D eigenvalue weighted by Crippen LogP contribution is 2.35. The molecule has 1 aliphatic rings. The van der Waals surface area contributed by atoms with Crippen LogP contribution in [-0.4, -0.2) is 61.8 Å². The van der Waals surface area contributed by atoms with Gasteiger partial charge in [0.1, 0.15) is 17.2 Å². The van der Waals surface area contributed by atoms with Crippen LogP contribution in [-0.2, 0) is 18.9 Å². The van der Waals surface area contributed by atoms with Gasteiger partial charge in [-0.25, -0.2) is 14.4 Å². The number of benzene rings is 6. The topological polar surface area (TPSA) is 325 Å². The van der Waals surface area contributed by atoms with Crippen LogP contribution in [0.25, 0.3) is 0 Å². The fourth-order valence-electron chi connectivity index (χ4n) is 8.46. The number of ether oxygens (including phenoxy) is 7. The maximum Gasteiger partial charge on any atom is 0.341 e. The molecule has 0 radical (unpaired) electrons. The van der Waals surface area contributed by atoms with E-state index in [1.165, 1.54) is 67.6 Å². The average Bonchev–Trinajstić information content (AvgIpc) is 3.49. The molecule has 21 nitrogen and oxygen atoms in total. The summed E-state index contributed by atoms with van der Waals surface area (Å²) in [6.45, 7) is 4.35. The summed E-state index contributed by atoms with van der Waals surface area (Å²) in [6.07, 6.45) is 13.2. The molecule has 1 aromatic heterocycles. The number of aryl methyl sites for hydroxylation is 1. The first-order valence-corrected chi connectivity index (χ1v) is 26.4. The molecule has 1 fully saturated rings. The van der Waals surface area contributed by atoms with Crippen LogP contribution in [0.4, 0.5) is 28.4 Å². The quantitative estimate of drug-likeness (QED) is 0.00457. The second-order valence-corrected chi connectivity index (χ2v) is 18.6. The Morgan fingerprint density at radius 3 is 1.46 bits per heavy atom. The second-order valence-electron chi connectivity index (χ2n) is 18.6. The Hall–Kier alpha value is -9.89. The zero-order chi connectivity index (χ0) is 58.5. The molecule has 0 amide bonds. The van der Waals surface area contributed by atoms with E-state index in [1.54, 1.807) is 85.2 Å². The van der Waals surface area contributed by atoms with Gasteiger partial charge in [-0.2, -0.15) is 0 Å².